The number of carbonyl (C=O) groups is 1. The number of hydrogen-bond acceptors (Lipinski definition) is 1. The Morgan fingerprint density at radius 2 is 1.86 bits per heavy atom. The Hall–Kier alpha value is -2.03. The van der Waals surface area contributed by atoms with Gasteiger partial charge in [0.25, 0.3) is 5.91 Å². The number of primary amides is 1. The van der Waals surface area contributed by atoms with Crippen LogP contribution in [0, 0.1) is 13.8 Å². The minimum atomic E-state index is -0.315. The Bertz CT molecular complexity index is 706. The van der Waals surface area contributed by atoms with Crippen LogP contribution in [-0.4, -0.2) is 10.5 Å². The number of aryl methyl sites for hydroxylation is 1. The van der Waals surface area contributed by atoms with Crippen molar-refractivity contribution in [1.29, 1.82) is 0 Å². The second-order valence-electron chi connectivity index (χ2n) is 6.36. The van der Waals surface area contributed by atoms with E-state index in [9.17, 15) is 4.79 Å². The van der Waals surface area contributed by atoms with Crippen molar-refractivity contribution in [3.8, 4) is 11.1 Å². The maximum absolute atomic E-state index is 12.1. The van der Waals surface area contributed by atoms with Crippen molar-refractivity contribution in [3.05, 3.63) is 46.8 Å². The summed E-state index contributed by atoms with van der Waals surface area (Å²) in [7, 11) is 0. The number of amides is 1. The van der Waals surface area contributed by atoms with Crippen molar-refractivity contribution < 1.29 is 4.79 Å². The van der Waals surface area contributed by atoms with E-state index in [2.05, 4.69) is 42.7 Å². The molecule has 1 saturated carbocycles. The van der Waals surface area contributed by atoms with Crippen LogP contribution < -0.4 is 5.73 Å². The predicted molar refractivity (Wildman–Crippen MR) is 90.1 cm³/mol. The quantitative estimate of drug-likeness (QED) is 0.885. The normalized spacial score (nSPS) is 14.3. The Morgan fingerprint density at radius 1 is 1.23 bits per heavy atom. The molecule has 1 heterocycles. The molecule has 0 atom stereocenters. The van der Waals surface area contributed by atoms with Gasteiger partial charge < -0.3 is 10.3 Å². The summed E-state index contributed by atoms with van der Waals surface area (Å²) >= 11 is 0. The van der Waals surface area contributed by atoms with Crippen molar-refractivity contribution in [2.24, 2.45) is 5.73 Å². The van der Waals surface area contributed by atoms with Crippen molar-refractivity contribution >= 4 is 5.91 Å². The van der Waals surface area contributed by atoms with Gasteiger partial charge in [-0.05, 0) is 38.7 Å². The highest BCUT2D eigenvalue weighted by molar-refractivity contribution is 6.02. The zero-order valence-corrected chi connectivity index (χ0v) is 13.6. The van der Waals surface area contributed by atoms with E-state index in [4.69, 9.17) is 5.73 Å². The number of aromatic nitrogens is 1. The van der Waals surface area contributed by atoms with Crippen molar-refractivity contribution in [2.75, 3.05) is 0 Å². The van der Waals surface area contributed by atoms with Crippen molar-refractivity contribution in [3.63, 3.8) is 0 Å². The molecule has 1 fully saturated rings. The molecule has 0 saturated heterocycles. The van der Waals surface area contributed by atoms with E-state index in [-0.39, 0.29) is 5.91 Å². The Labute approximate surface area is 132 Å². The molecule has 1 aliphatic carbocycles. The molecule has 0 unspecified atom stereocenters. The van der Waals surface area contributed by atoms with Crippen LogP contribution >= 0.6 is 0 Å². The third kappa shape index (κ3) is 2.45. The third-order valence-electron chi connectivity index (χ3n) is 4.54. The van der Waals surface area contributed by atoms with Gasteiger partial charge in [-0.25, -0.2) is 0 Å². The van der Waals surface area contributed by atoms with Gasteiger partial charge in [0.2, 0.25) is 0 Å². The third-order valence-corrected chi connectivity index (χ3v) is 4.54. The highest BCUT2D eigenvalue weighted by Gasteiger charge is 2.32. The largest absolute Gasteiger partial charge is 0.366 e. The molecule has 1 aromatic heterocycles. The maximum atomic E-state index is 12.1. The molecule has 2 N–H and O–H groups in total. The molecule has 116 valence electrons. The molecule has 2 aromatic rings. The van der Waals surface area contributed by atoms with Crippen LogP contribution in [0.1, 0.15) is 59.5 Å². The molecule has 0 bridgehead atoms. The lowest BCUT2D eigenvalue weighted by molar-refractivity contribution is 0.1000. The van der Waals surface area contributed by atoms with Crippen LogP contribution in [0.4, 0.5) is 0 Å². The van der Waals surface area contributed by atoms with Gasteiger partial charge in [0.05, 0.1) is 5.56 Å². The molecule has 1 aliphatic rings. The van der Waals surface area contributed by atoms with Crippen LogP contribution in [0.2, 0.25) is 0 Å². The molecule has 22 heavy (non-hydrogen) atoms. The minimum Gasteiger partial charge on any atom is -0.366 e. The van der Waals surface area contributed by atoms with Gasteiger partial charge in [-0.1, -0.05) is 43.2 Å². The molecule has 3 nitrogen and oxygen atoms in total. The van der Waals surface area contributed by atoms with E-state index in [1.807, 2.05) is 6.92 Å². The topological polar surface area (TPSA) is 48.0 Å². The number of hydrogen-bond donors (Lipinski definition) is 1. The van der Waals surface area contributed by atoms with E-state index < -0.39 is 0 Å². The highest BCUT2D eigenvalue weighted by Crippen LogP contribution is 2.43. The first-order chi connectivity index (χ1) is 10.5. The van der Waals surface area contributed by atoms with Crippen LogP contribution in [0.5, 0.6) is 0 Å². The van der Waals surface area contributed by atoms with Crippen molar-refractivity contribution in [2.45, 2.75) is 52.5 Å². The predicted octanol–water partition coefficient (Wildman–Crippen LogP) is 4.16. The molecule has 0 radical (unpaired) electrons. The number of nitrogens with zero attached hydrogens (tertiary/aromatic N) is 1. The summed E-state index contributed by atoms with van der Waals surface area (Å²) < 4.78 is 2.37. The fraction of sp³-hybridized carbons (Fsp3) is 0.421. The maximum Gasteiger partial charge on any atom is 0.251 e. The van der Waals surface area contributed by atoms with Crippen LogP contribution in [0.25, 0.3) is 11.1 Å². The Morgan fingerprint density at radius 3 is 2.36 bits per heavy atom. The Kier molecular flexibility index (Phi) is 3.81. The number of carbonyl (C=O) groups excluding carboxylic acids is 1. The first-order valence-electron chi connectivity index (χ1n) is 8.15. The zero-order chi connectivity index (χ0) is 15.9. The van der Waals surface area contributed by atoms with Gasteiger partial charge in [0.15, 0.2) is 0 Å². The second-order valence-corrected chi connectivity index (χ2v) is 6.36. The van der Waals surface area contributed by atoms with Gasteiger partial charge in [0, 0.05) is 23.0 Å². The molecule has 3 heteroatoms. The summed E-state index contributed by atoms with van der Waals surface area (Å²) in [4.78, 5) is 12.1. The first kappa shape index (κ1) is 14.9. The lowest BCUT2D eigenvalue weighted by Crippen LogP contribution is -2.13. The monoisotopic (exact) mass is 296 g/mol. The summed E-state index contributed by atoms with van der Waals surface area (Å²) in [5.41, 5.74) is 12.1. The van der Waals surface area contributed by atoms with Gasteiger partial charge >= 0.3 is 0 Å². The average molecular weight is 296 g/mol. The number of rotatable bonds is 5. The fourth-order valence-corrected chi connectivity index (χ4v) is 3.41. The summed E-state index contributed by atoms with van der Waals surface area (Å²) in [6.45, 7) is 6.30. The second kappa shape index (κ2) is 5.64. The van der Waals surface area contributed by atoms with E-state index >= 15 is 0 Å². The zero-order valence-electron chi connectivity index (χ0n) is 13.6. The number of nitrogens with two attached hydrogens (primary N) is 1. The smallest absolute Gasteiger partial charge is 0.251 e. The summed E-state index contributed by atoms with van der Waals surface area (Å²) in [6.07, 6.45) is 4.45. The van der Waals surface area contributed by atoms with E-state index in [1.54, 1.807) is 0 Å². The number of benzene rings is 1. The molecular weight excluding hydrogens is 272 g/mol. The van der Waals surface area contributed by atoms with Gasteiger partial charge in [0.1, 0.15) is 0 Å². The van der Waals surface area contributed by atoms with Gasteiger partial charge in [-0.15, -0.1) is 0 Å². The molecule has 0 aliphatic heterocycles. The summed E-state index contributed by atoms with van der Waals surface area (Å²) in [5, 5.41) is 0. The molecule has 1 aromatic carbocycles. The van der Waals surface area contributed by atoms with Crippen LogP contribution in [0.3, 0.4) is 0 Å². The standard InChI is InChI=1S/C19H24N2O/c1-4-5-16-18(14-8-6-12(2)7-9-14)17(19(20)22)13(3)21(16)15-10-11-15/h6-9,15H,4-5,10-11H2,1-3H3,(H2,20,22). The van der Waals surface area contributed by atoms with E-state index in [0.717, 1.165) is 29.7 Å². The molecule has 0 spiro atoms. The molecule has 1 amide bonds. The lowest BCUT2D eigenvalue weighted by atomic mass is 9.97. The summed E-state index contributed by atoms with van der Waals surface area (Å²) in [5.74, 6) is -0.315. The Balaban J connectivity index is 2.27. The first-order valence-corrected chi connectivity index (χ1v) is 8.15. The van der Waals surface area contributed by atoms with E-state index in [1.165, 1.54) is 24.1 Å². The highest BCUT2D eigenvalue weighted by atomic mass is 16.1. The van der Waals surface area contributed by atoms with Gasteiger partial charge in [-0.2, -0.15) is 0 Å². The van der Waals surface area contributed by atoms with Gasteiger partial charge in [-0.3, -0.25) is 4.79 Å². The lowest BCUT2D eigenvalue weighted by Gasteiger charge is -2.11. The molecule has 3 rings (SSSR count). The van der Waals surface area contributed by atoms with Crippen LogP contribution in [-0.2, 0) is 6.42 Å². The van der Waals surface area contributed by atoms with Crippen LogP contribution in [0.15, 0.2) is 24.3 Å². The average Bonchev–Trinajstić information content (AvgIpc) is 3.25. The van der Waals surface area contributed by atoms with Crippen molar-refractivity contribution in [1.82, 2.24) is 4.57 Å². The minimum absolute atomic E-state index is 0.315. The molecular formula is C19H24N2O. The fourth-order valence-electron chi connectivity index (χ4n) is 3.41. The SMILES string of the molecule is CCCc1c(-c2ccc(C)cc2)c(C(N)=O)c(C)n1C1CC1. The summed E-state index contributed by atoms with van der Waals surface area (Å²) in [6, 6.07) is 8.96. The van der Waals surface area contributed by atoms with E-state index in [0.29, 0.717) is 11.6 Å².